The number of hydrogen-bond acceptors (Lipinski definition) is 3. The van der Waals surface area contributed by atoms with Crippen LogP contribution < -0.4 is 0 Å². The third kappa shape index (κ3) is 6.54. The fourth-order valence-corrected chi connectivity index (χ4v) is 2.96. The van der Waals surface area contributed by atoms with Crippen LogP contribution in [0.15, 0.2) is 0 Å². The number of hydrogen-bond donors (Lipinski definition) is 0. The molecule has 4 heteroatoms. The highest BCUT2D eigenvalue weighted by atomic mass is 28.4. The zero-order valence-electron chi connectivity index (χ0n) is 9.97. The Morgan fingerprint density at radius 1 is 0.714 bits per heavy atom. The van der Waals surface area contributed by atoms with E-state index in [1.54, 1.807) is 0 Å². The summed E-state index contributed by atoms with van der Waals surface area (Å²) >= 11 is 0. The zero-order valence-corrected chi connectivity index (χ0v) is 11.0. The molecule has 0 heterocycles. The van der Waals surface area contributed by atoms with Gasteiger partial charge in [-0.25, -0.2) is 0 Å². The minimum Gasteiger partial charge on any atom is -0.374 e. The Labute approximate surface area is 89.1 Å². The molecule has 0 atom stereocenters. The van der Waals surface area contributed by atoms with Crippen LogP contribution in [0.2, 0.25) is 6.55 Å². The molecule has 3 nitrogen and oxygen atoms in total. The highest BCUT2D eigenvalue weighted by Gasteiger charge is 2.33. The lowest BCUT2D eigenvalue weighted by Gasteiger charge is -2.25. The van der Waals surface area contributed by atoms with E-state index < -0.39 is 8.80 Å². The first-order chi connectivity index (χ1) is 6.68. The van der Waals surface area contributed by atoms with E-state index in [1.807, 2.05) is 6.55 Å². The van der Waals surface area contributed by atoms with Gasteiger partial charge in [-0.3, -0.25) is 0 Å². The summed E-state index contributed by atoms with van der Waals surface area (Å²) in [6, 6.07) is 0. The SMILES string of the molecule is CCCO[Si](C)(OCCC)OCCC. The van der Waals surface area contributed by atoms with E-state index in [4.69, 9.17) is 13.3 Å². The summed E-state index contributed by atoms with van der Waals surface area (Å²) < 4.78 is 17.0. The molecule has 0 rings (SSSR count). The second-order valence-electron chi connectivity index (χ2n) is 3.41. The quantitative estimate of drug-likeness (QED) is 0.559. The van der Waals surface area contributed by atoms with E-state index in [2.05, 4.69) is 20.8 Å². The summed E-state index contributed by atoms with van der Waals surface area (Å²) in [4.78, 5) is 0. The summed E-state index contributed by atoms with van der Waals surface area (Å²) in [5.41, 5.74) is 0. The molecule has 0 aromatic rings. The summed E-state index contributed by atoms with van der Waals surface area (Å²) in [5, 5.41) is 0. The van der Waals surface area contributed by atoms with Crippen molar-refractivity contribution in [3.63, 3.8) is 0 Å². The van der Waals surface area contributed by atoms with Gasteiger partial charge in [0.15, 0.2) is 0 Å². The topological polar surface area (TPSA) is 27.7 Å². The van der Waals surface area contributed by atoms with Crippen LogP contribution in [-0.4, -0.2) is 28.6 Å². The maximum Gasteiger partial charge on any atom is 0.497 e. The van der Waals surface area contributed by atoms with Crippen molar-refractivity contribution in [3.8, 4) is 0 Å². The average molecular weight is 220 g/mol. The molecular weight excluding hydrogens is 196 g/mol. The first kappa shape index (κ1) is 14.1. The molecule has 0 aliphatic heterocycles. The molecule has 0 aliphatic rings. The van der Waals surface area contributed by atoms with E-state index in [0.29, 0.717) is 0 Å². The van der Waals surface area contributed by atoms with Gasteiger partial charge in [-0.05, 0) is 19.3 Å². The first-order valence-electron chi connectivity index (χ1n) is 5.60. The predicted molar refractivity (Wildman–Crippen MR) is 60.3 cm³/mol. The van der Waals surface area contributed by atoms with Gasteiger partial charge in [-0.2, -0.15) is 0 Å². The van der Waals surface area contributed by atoms with Crippen LogP contribution in [0.25, 0.3) is 0 Å². The molecule has 0 unspecified atom stereocenters. The second kappa shape index (κ2) is 8.41. The standard InChI is InChI=1S/C10H24O3Si/c1-5-8-11-14(4,12-9-6-2)13-10-7-3/h5-10H2,1-4H3. The Hall–Kier alpha value is 0.0969. The van der Waals surface area contributed by atoms with Gasteiger partial charge in [0.25, 0.3) is 0 Å². The van der Waals surface area contributed by atoms with Gasteiger partial charge in [0.1, 0.15) is 0 Å². The van der Waals surface area contributed by atoms with Crippen LogP contribution in [0.3, 0.4) is 0 Å². The maximum absolute atomic E-state index is 5.68. The van der Waals surface area contributed by atoms with Crippen molar-refractivity contribution < 1.29 is 13.3 Å². The van der Waals surface area contributed by atoms with Gasteiger partial charge in [-0.15, -0.1) is 0 Å². The van der Waals surface area contributed by atoms with E-state index >= 15 is 0 Å². The molecule has 0 aliphatic carbocycles. The van der Waals surface area contributed by atoms with Gasteiger partial charge in [0, 0.05) is 26.4 Å². The van der Waals surface area contributed by atoms with Crippen molar-refractivity contribution in [1.29, 1.82) is 0 Å². The Bertz CT molecular complexity index is 109. The highest BCUT2D eigenvalue weighted by Crippen LogP contribution is 2.10. The average Bonchev–Trinajstić information content (AvgIpc) is 2.21. The second-order valence-corrected chi connectivity index (χ2v) is 6.00. The van der Waals surface area contributed by atoms with Gasteiger partial charge in [0.2, 0.25) is 0 Å². The molecule has 0 bridgehead atoms. The molecule has 0 N–H and O–H groups in total. The fraction of sp³-hybridized carbons (Fsp3) is 1.00. The molecule has 0 amide bonds. The molecule has 0 spiro atoms. The van der Waals surface area contributed by atoms with Crippen molar-refractivity contribution in [1.82, 2.24) is 0 Å². The Kier molecular flexibility index (Phi) is 8.47. The molecule has 0 aromatic carbocycles. The van der Waals surface area contributed by atoms with Crippen LogP contribution in [0, 0.1) is 0 Å². The summed E-state index contributed by atoms with van der Waals surface area (Å²) in [5.74, 6) is 0. The molecule has 0 fully saturated rings. The lowest BCUT2D eigenvalue weighted by molar-refractivity contribution is 0.0658. The van der Waals surface area contributed by atoms with E-state index in [-0.39, 0.29) is 0 Å². The van der Waals surface area contributed by atoms with Gasteiger partial charge >= 0.3 is 8.80 Å². The molecule has 14 heavy (non-hydrogen) atoms. The molecule has 0 saturated heterocycles. The van der Waals surface area contributed by atoms with Gasteiger partial charge in [-0.1, -0.05) is 20.8 Å². The van der Waals surface area contributed by atoms with Crippen molar-refractivity contribution >= 4 is 8.80 Å². The van der Waals surface area contributed by atoms with Crippen molar-refractivity contribution in [2.75, 3.05) is 19.8 Å². The first-order valence-corrected chi connectivity index (χ1v) is 7.82. The fourth-order valence-electron chi connectivity index (χ4n) is 0.987. The minimum atomic E-state index is -2.31. The molecule has 86 valence electrons. The Morgan fingerprint density at radius 2 is 1.00 bits per heavy atom. The summed E-state index contributed by atoms with van der Waals surface area (Å²) in [6.07, 6.45) is 3.02. The lowest BCUT2D eigenvalue weighted by Crippen LogP contribution is -2.43. The van der Waals surface area contributed by atoms with Crippen LogP contribution in [0.4, 0.5) is 0 Å². The normalized spacial score (nSPS) is 12.0. The summed E-state index contributed by atoms with van der Waals surface area (Å²) in [7, 11) is -2.31. The van der Waals surface area contributed by atoms with E-state index in [9.17, 15) is 0 Å². The maximum atomic E-state index is 5.68. The third-order valence-electron chi connectivity index (χ3n) is 1.71. The van der Waals surface area contributed by atoms with Crippen LogP contribution >= 0.6 is 0 Å². The van der Waals surface area contributed by atoms with Gasteiger partial charge < -0.3 is 13.3 Å². The summed E-state index contributed by atoms with van der Waals surface area (Å²) in [6.45, 7) is 10.5. The lowest BCUT2D eigenvalue weighted by atomic mass is 10.5. The largest absolute Gasteiger partial charge is 0.497 e. The van der Waals surface area contributed by atoms with Crippen LogP contribution in [0.1, 0.15) is 40.0 Å². The molecule has 0 aromatic heterocycles. The molecule has 0 radical (unpaired) electrons. The van der Waals surface area contributed by atoms with Crippen molar-refractivity contribution in [3.05, 3.63) is 0 Å². The molecular formula is C10H24O3Si. The van der Waals surface area contributed by atoms with Crippen LogP contribution in [-0.2, 0) is 13.3 Å². The predicted octanol–water partition coefficient (Wildman–Crippen LogP) is 2.83. The monoisotopic (exact) mass is 220 g/mol. The van der Waals surface area contributed by atoms with Gasteiger partial charge in [0.05, 0.1) is 0 Å². The van der Waals surface area contributed by atoms with E-state index in [1.165, 1.54) is 0 Å². The van der Waals surface area contributed by atoms with Crippen molar-refractivity contribution in [2.45, 2.75) is 46.6 Å². The smallest absolute Gasteiger partial charge is 0.374 e. The van der Waals surface area contributed by atoms with Crippen LogP contribution in [0.5, 0.6) is 0 Å². The molecule has 0 saturated carbocycles. The number of rotatable bonds is 9. The Morgan fingerprint density at radius 3 is 1.21 bits per heavy atom. The van der Waals surface area contributed by atoms with E-state index in [0.717, 1.165) is 39.1 Å². The zero-order chi connectivity index (χ0) is 10.9. The minimum absolute atomic E-state index is 0.732. The third-order valence-corrected chi connectivity index (χ3v) is 3.89. The Balaban J connectivity index is 3.89. The van der Waals surface area contributed by atoms with Crippen molar-refractivity contribution in [2.24, 2.45) is 0 Å². The highest BCUT2D eigenvalue weighted by molar-refractivity contribution is 6.59.